The molecular formula is C21H31N3O4. The summed E-state index contributed by atoms with van der Waals surface area (Å²) >= 11 is 0. The number of benzene rings is 1. The lowest BCUT2D eigenvalue weighted by Crippen LogP contribution is -2.49. The zero-order valence-electron chi connectivity index (χ0n) is 17.3. The summed E-state index contributed by atoms with van der Waals surface area (Å²) < 4.78 is 5.01. The molecule has 3 amide bonds. The number of hydrogen-bond donors (Lipinski definition) is 1. The Bertz CT molecular complexity index is 712. The lowest BCUT2D eigenvalue weighted by Gasteiger charge is -2.32. The van der Waals surface area contributed by atoms with Gasteiger partial charge in [-0.05, 0) is 44.2 Å². The lowest BCUT2D eigenvalue weighted by atomic mass is 10.0. The Labute approximate surface area is 167 Å². The summed E-state index contributed by atoms with van der Waals surface area (Å²) in [4.78, 5) is 39.9. The van der Waals surface area contributed by atoms with Crippen LogP contribution < -0.4 is 10.2 Å². The second kappa shape index (κ2) is 10.1. The highest BCUT2D eigenvalue weighted by atomic mass is 16.6. The molecule has 0 aliphatic carbocycles. The van der Waals surface area contributed by atoms with Crippen molar-refractivity contribution in [1.82, 2.24) is 10.2 Å². The van der Waals surface area contributed by atoms with E-state index < -0.39 is 0 Å². The van der Waals surface area contributed by atoms with Crippen LogP contribution in [0.15, 0.2) is 18.2 Å². The van der Waals surface area contributed by atoms with E-state index >= 15 is 0 Å². The third-order valence-corrected chi connectivity index (χ3v) is 5.04. The molecule has 2 rings (SSSR count). The van der Waals surface area contributed by atoms with E-state index in [0.717, 1.165) is 23.2 Å². The second-order valence-corrected chi connectivity index (χ2v) is 7.07. The van der Waals surface area contributed by atoms with Crippen molar-refractivity contribution in [3.05, 3.63) is 29.3 Å². The van der Waals surface area contributed by atoms with Crippen LogP contribution in [0.4, 0.5) is 10.5 Å². The van der Waals surface area contributed by atoms with Gasteiger partial charge >= 0.3 is 6.09 Å². The van der Waals surface area contributed by atoms with Crippen LogP contribution in [0.3, 0.4) is 0 Å². The van der Waals surface area contributed by atoms with Crippen molar-refractivity contribution in [2.45, 2.75) is 53.0 Å². The van der Waals surface area contributed by atoms with Gasteiger partial charge in [0, 0.05) is 26.1 Å². The smallest absolute Gasteiger partial charge is 0.409 e. The first-order valence-corrected chi connectivity index (χ1v) is 9.95. The summed E-state index contributed by atoms with van der Waals surface area (Å²) in [6.07, 6.45) is 1.83. The SMILES string of the molecule is CCOC(=O)N1CCC(NC(=O)CN(C(C)=O)c2c(C)cccc2CC)CC1. The minimum atomic E-state index is -0.304. The number of nitrogens with one attached hydrogen (secondary N) is 1. The number of amides is 3. The van der Waals surface area contributed by atoms with Gasteiger partial charge in [-0.15, -0.1) is 0 Å². The first-order chi connectivity index (χ1) is 13.4. The second-order valence-electron chi connectivity index (χ2n) is 7.07. The van der Waals surface area contributed by atoms with Crippen LogP contribution >= 0.6 is 0 Å². The number of carbonyl (C=O) groups excluding carboxylic acids is 3. The van der Waals surface area contributed by atoms with Crippen molar-refractivity contribution in [1.29, 1.82) is 0 Å². The molecule has 0 unspecified atom stereocenters. The van der Waals surface area contributed by atoms with E-state index in [1.807, 2.05) is 32.0 Å². The maximum absolute atomic E-state index is 12.6. The van der Waals surface area contributed by atoms with Crippen molar-refractivity contribution in [2.75, 3.05) is 31.1 Å². The summed E-state index contributed by atoms with van der Waals surface area (Å²) in [5.41, 5.74) is 2.85. The van der Waals surface area contributed by atoms with E-state index in [9.17, 15) is 14.4 Å². The molecule has 1 aromatic carbocycles. The van der Waals surface area contributed by atoms with Gasteiger partial charge in [0.05, 0.1) is 12.3 Å². The van der Waals surface area contributed by atoms with Gasteiger partial charge in [-0.1, -0.05) is 25.1 Å². The number of likely N-dealkylation sites (tertiary alicyclic amines) is 1. The lowest BCUT2D eigenvalue weighted by molar-refractivity contribution is -0.123. The van der Waals surface area contributed by atoms with Gasteiger partial charge < -0.3 is 19.9 Å². The van der Waals surface area contributed by atoms with Crippen LogP contribution in [-0.4, -0.2) is 55.1 Å². The Hall–Kier alpha value is -2.57. The molecule has 0 saturated carbocycles. The summed E-state index contributed by atoms with van der Waals surface area (Å²) in [5.74, 6) is -0.341. The predicted molar refractivity (Wildman–Crippen MR) is 108 cm³/mol. The highest BCUT2D eigenvalue weighted by molar-refractivity contribution is 5.98. The third-order valence-electron chi connectivity index (χ3n) is 5.04. The van der Waals surface area contributed by atoms with Gasteiger partial charge in [-0.25, -0.2) is 4.79 Å². The normalized spacial score (nSPS) is 14.5. The van der Waals surface area contributed by atoms with Gasteiger partial charge in [0.15, 0.2) is 0 Å². The number of nitrogens with zero attached hydrogens (tertiary/aromatic N) is 2. The van der Waals surface area contributed by atoms with Crippen molar-refractivity contribution in [3.8, 4) is 0 Å². The van der Waals surface area contributed by atoms with Crippen LogP contribution in [0, 0.1) is 6.92 Å². The minimum absolute atomic E-state index is 0.00509. The van der Waals surface area contributed by atoms with Gasteiger partial charge in [-0.3, -0.25) is 9.59 Å². The van der Waals surface area contributed by atoms with Crippen molar-refractivity contribution in [3.63, 3.8) is 0 Å². The molecule has 7 heteroatoms. The molecule has 1 aliphatic rings. The number of para-hydroxylation sites is 1. The molecule has 1 aliphatic heterocycles. The monoisotopic (exact) mass is 389 g/mol. The molecule has 0 bridgehead atoms. The number of hydrogen-bond acceptors (Lipinski definition) is 4. The highest BCUT2D eigenvalue weighted by Crippen LogP contribution is 2.26. The molecule has 1 aromatic rings. The van der Waals surface area contributed by atoms with E-state index in [1.165, 1.54) is 6.92 Å². The zero-order valence-corrected chi connectivity index (χ0v) is 17.3. The first-order valence-electron chi connectivity index (χ1n) is 9.95. The van der Waals surface area contributed by atoms with Crippen LogP contribution in [0.1, 0.15) is 44.7 Å². The Morgan fingerprint density at radius 1 is 1.21 bits per heavy atom. The van der Waals surface area contributed by atoms with Gasteiger partial charge in [0.2, 0.25) is 11.8 Å². The summed E-state index contributed by atoms with van der Waals surface area (Å²) in [5, 5.41) is 3.01. The van der Waals surface area contributed by atoms with Crippen LogP contribution in [-0.2, 0) is 20.7 Å². The Morgan fingerprint density at radius 3 is 2.46 bits per heavy atom. The molecular weight excluding hydrogens is 358 g/mol. The standard InChI is InChI=1S/C21H31N3O4/c1-5-17-9-7-8-15(3)20(17)24(16(4)25)14-19(26)22-18-10-12-23(13-11-18)21(27)28-6-2/h7-9,18H,5-6,10-14H2,1-4H3,(H,22,26). The molecule has 0 radical (unpaired) electrons. The highest BCUT2D eigenvalue weighted by Gasteiger charge is 2.26. The molecule has 0 aromatic heterocycles. The molecule has 0 spiro atoms. The van der Waals surface area contributed by atoms with Gasteiger partial charge in [0.1, 0.15) is 6.54 Å². The molecule has 7 nitrogen and oxygen atoms in total. The number of carbonyl (C=O) groups is 3. The summed E-state index contributed by atoms with van der Waals surface area (Å²) in [7, 11) is 0. The average Bonchev–Trinajstić information content (AvgIpc) is 2.66. The fourth-order valence-electron chi connectivity index (χ4n) is 3.58. The molecule has 1 saturated heterocycles. The largest absolute Gasteiger partial charge is 0.450 e. The van der Waals surface area contributed by atoms with Gasteiger partial charge in [0.25, 0.3) is 0 Å². The Morgan fingerprint density at radius 2 is 1.89 bits per heavy atom. The van der Waals surface area contributed by atoms with Crippen LogP contribution in [0.25, 0.3) is 0 Å². The first kappa shape index (κ1) is 21.7. The maximum atomic E-state index is 12.6. The molecule has 1 N–H and O–H groups in total. The van der Waals surface area contributed by atoms with Crippen molar-refractivity contribution in [2.24, 2.45) is 0 Å². The number of rotatable bonds is 6. The third kappa shape index (κ3) is 5.47. The van der Waals surface area contributed by atoms with Crippen molar-refractivity contribution >= 4 is 23.6 Å². The number of piperidine rings is 1. The fraction of sp³-hybridized carbons (Fsp3) is 0.571. The maximum Gasteiger partial charge on any atom is 0.409 e. The molecule has 1 heterocycles. The fourth-order valence-corrected chi connectivity index (χ4v) is 3.58. The molecule has 154 valence electrons. The number of ether oxygens (including phenoxy) is 1. The van der Waals surface area contributed by atoms with Gasteiger partial charge in [-0.2, -0.15) is 0 Å². The Kier molecular flexibility index (Phi) is 7.84. The zero-order chi connectivity index (χ0) is 20.7. The molecule has 0 atom stereocenters. The number of aryl methyl sites for hydroxylation is 2. The minimum Gasteiger partial charge on any atom is -0.450 e. The predicted octanol–water partition coefficient (Wildman–Crippen LogP) is 2.65. The quantitative estimate of drug-likeness (QED) is 0.811. The van der Waals surface area contributed by atoms with Crippen molar-refractivity contribution < 1.29 is 19.1 Å². The van der Waals surface area contributed by atoms with E-state index in [1.54, 1.807) is 16.7 Å². The van der Waals surface area contributed by atoms with E-state index in [0.29, 0.717) is 32.5 Å². The summed E-state index contributed by atoms with van der Waals surface area (Å²) in [6, 6.07) is 5.90. The topological polar surface area (TPSA) is 79.0 Å². The number of anilines is 1. The summed E-state index contributed by atoms with van der Waals surface area (Å²) in [6.45, 7) is 8.71. The van der Waals surface area contributed by atoms with E-state index in [4.69, 9.17) is 4.74 Å². The average molecular weight is 389 g/mol. The van der Waals surface area contributed by atoms with E-state index in [2.05, 4.69) is 5.32 Å². The molecule has 28 heavy (non-hydrogen) atoms. The van der Waals surface area contributed by atoms with E-state index in [-0.39, 0.29) is 30.5 Å². The van der Waals surface area contributed by atoms with Crippen LogP contribution in [0.2, 0.25) is 0 Å². The van der Waals surface area contributed by atoms with Crippen LogP contribution in [0.5, 0.6) is 0 Å². The molecule has 1 fully saturated rings. The Balaban J connectivity index is 1.98.